The molecular weight excluding hydrogens is 262 g/mol. The maximum absolute atomic E-state index is 12.7. The van der Waals surface area contributed by atoms with E-state index in [0.717, 1.165) is 24.9 Å². The van der Waals surface area contributed by atoms with Gasteiger partial charge in [0.2, 0.25) is 0 Å². The standard InChI is InChI=1S/C18H27NO2/c1-13-11-14(8-9-16(13)18(2,3)4)17(20)19-10-6-7-15(19)12-21-5/h8-9,11,15H,6-7,10,12H2,1-5H3/t15-/m1/s1. The van der Waals surface area contributed by atoms with Gasteiger partial charge in [0.15, 0.2) is 0 Å². The van der Waals surface area contributed by atoms with Crippen molar-refractivity contribution in [3.8, 4) is 0 Å². The summed E-state index contributed by atoms with van der Waals surface area (Å²) in [7, 11) is 1.70. The predicted octanol–water partition coefficient (Wildman–Crippen LogP) is 3.54. The van der Waals surface area contributed by atoms with Gasteiger partial charge in [-0.25, -0.2) is 0 Å². The average Bonchev–Trinajstić information content (AvgIpc) is 2.85. The van der Waals surface area contributed by atoms with Gasteiger partial charge in [0, 0.05) is 19.2 Å². The first-order chi connectivity index (χ1) is 9.84. The molecular formula is C18H27NO2. The highest BCUT2D eigenvalue weighted by Gasteiger charge is 2.29. The van der Waals surface area contributed by atoms with Gasteiger partial charge in [-0.3, -0.25) is 4.79 Å². The molecule has 0 aromatic heterocycles. The Hall–Kier alpha value is -1.35. The van der Waals surface area contributed by atoms with Crippen molar-refractivity contribution < 1.29 is 9.53 Å². The summed E-state index contributed by atoms with van der Waals surface area (Å²) in [4.78, 5) is 14.7. The fourth-order valence-corrected chi connectivity index (χ4v) is 3.27. The quantitative estimate of drug-likeness (QED) is 0.851. The molecule has 3 heteroatoms. The Bertz CT molecular complexity index is 516. The Morgan fingerprint density at radius 1 is 1.38 bits per heavy atom. The summed E-state index contributed by atoms with van der Waals surface area (Å²) in [5.74, 6) is 0.137. The highest BCUT2D eigenvalue weighted by molar-refractivity contribution is 5.95. The maximum atomic E-state index is 12.7. The lowest BCUT2D eigenvalue weighted by Crippen LogP contribution is -2.38. The van der Waals surface area contributed by atoms with E-state index in [0.29, 0.717) is 6.61 Å². The normalized spacial score (nSPS) is 19.1. The van der Waals surface area contributed by atoms with Crippen molar-refractivity contribution in [1.29, 1.82) is 0 Å². The summed E-state index contributed by atoms with van der Waals surface area (Å²) in [5.41, 5.74) is 3.39. The number of aryl methyl sites for hydroxylation is 1. The van der Waals surface area contributed by atoms with Crippen LogP contribution in [0, 0.1) is 6.92 Å². The third-order valence-corrected chi connectivity index (χ3v) is 4.28. The van der Waals surface area contributed by atoms with Gasteiger partial charge in [-0.1, -0.05) is 26.8 Å². The molecule has 116 valence electrons. The van der Waals surface area contributed by atoms with Crippen molar-refractivity contribution in [1.82, 2.24) is 4.90 Å². The number of likely N-dealkylation sites (tertiary alicyclic amines) is 1. The summed E-state index contributed by atoms with van der Waals surface area (Å²) in [6.07, 6.45) is 2.11. The Labute approximate surface area is 128 Å². The van der Waals surface area contributed by atoms with E-state index in [1.165, 1.54) is 11.1 Å². The highest BCUT2D eigenvalue weighted by Crippen LogP contribution is 2.27. The fraction of sp³-hybridized carbons (Fsp3) is 0.611. The number of methoxy groups -OCH3 is 1. The average molecular weight is 289 g/mol. The SMILES string of the molecule is COC[C@H]1CCCN1C(=O)c1ccc(C(C)(C)C)c(C)c1. The van der Waals surface area contributed by atoms with E-state index in [9.17, 15) is 4.79 Å². The molecule has 1 amide bonds. The molecule has 1 aromatic rings. The van der Waals surface area contributed by atoms with Crippen LogP contribution < -0.4 is 0 Å². The van der Waals surface area contributed by atoms with Crippen LogP contribution >= 0.6 is 0 Å². The summed E-state index contributed by atoms with van der Waals surface area (Å²) < 4.78 is 5.24. The molecule has 1 aliphatic heterocycles. The van der Waals surface area contributed by atoms with E-state index in [1.54, 1.807) is 7.11 Å². The van der Waals surface area contributed by atoms with Gasteiger partial charge in [-0.05, 0) is 48.4 Å². The highest BCUT2D eigenvalue weighted by atomic mass is 16.5. The molecule has 1 aliphatic rings. The Kier molecular flexibility index (Phi) is 4.72. The predicted molar refractivity (Wildman–Crippen MR) is 85.8 cm³/mol. The van der Waals surface area contributed by atoms with E-state index in [1.807, 2.05) is 17.0 Å². The van der Waals surface area contributed by atoms with Crippen LogP contribution in [-0.4, -0.2) is 37.1 Å². The summed E-state index contributed by atoms with van der Waals surface area (Å²) in [5, 5.41) is 0. The first kappa shape index (κ1) is 16.0. The van der Waals surface area contributed by atoms with Gasteiger partial charge >= 0.3 is 0 Å². The van der Waals surface area contributed by atoms with Crippen molar-refractivity contribution in [3.05, 3.63) is 34.9 Å². The van der Waals surface area contributed by atoms with Crippen LogP contribution in [0.1, 0.15) is 55.1 Å². The molecule has 2 rings (SSSR count). The lowest BCUT2D eigenvalue weighted by atomic mass is 9.83. The molecule has 0 saturated carbocycles. The van der Waals surface area contributed by atoms with E-state index >= 15 is 0 Å². The molecule has 1 atom stereocenters. The summed E-state index contributed by atoms with van der Waals surface area (Å²) in [6, 6.07) is 6.33. The first-order valence-corrected chi connectivity index (χ1v) is 7.75. The Morgan fingerprint density at radius 2 is 2.10 bits per heavy atom. The fourth-order valence-electron chi connectivity index (χ4n) is 3.27. The lowest BCUT2D eigenvalue weighted by molar-refractivity contribution is 0.0630. The molecule has 1 fully saturated rings. The second-order valence-corrected chi connectivity index (χ2v) is 7.03. The van der Waals surface area contributed by atoms with Gasteiger partial charge in [0.05, 0.1) is 12.6 Å². The van der Waals surface area contributed by atoms with E-state index < -0.39 is 0 Å². The Morgan fingerprint density at radius 3 is 2.67 bits per heavy atom. The van der Waals surface area contributed by atoms with Gasteiger partial charge in [0.1, 0.15) is 0 Å². The third-order valence-electron chi connectivity index (χ3n) is 4.28. The minimum Gasteiger partial charge on any atom is -0.383 e. The lowest BCUT2D eigenvalue weighted by Gasteiger charge is -2.26. The monoisotopic (exact) mass is 289 g/mol. The minimum absolute atomic E-state index is 0.109. The van der Waals surface area contributed by atoms with E-state index in [4.69, 9.17) is 4.74 Å². The van der Waals surface area contributed by atoms with Crippen LogP contribution in [0.3, 0.4) is 0 Å². The summed E-state index contributed by atoms with van der Waals surface area (Å²) >= 11 is 0. The second kappa shape index (κ2) is 6.18. The van der Waals surface area contributed by atoms with Crippen LogP contribution in [0.15, 0.2) is 18.2 Å². The number of benzene rings is 1. The zero-order valence-electron chi connectivity index (χ0n) is 13.9. The number of ether oxygens (including phenoxy) is 1. The maximum Gasteiger partial charge on any atom is 0.254 e. The smallest absolute Gasteiger partial charge is 0.254 e. The Balaban J connectivity index is 2.22. The van der Waals surface area contributed by atoms with Crippen molar-refractivity contribution in [2.24, 2.45) is 0 Å². The number of amides is 1. The van der Waals surface area contributed by atoms with Gasteiger partial charge < -0.3 is 9.64 Å². The molecule has 0 aliphatic carbocycles. The number of hydrogen-bond acceptors (Lipinski definition) is 2. The zero-order valence-corrected chi connectivity index (χ0v) is 13.9. The number of hydrogen-bond donors (Lipinski definition) is 0. The minimum atomic E-state index is 0.109. The van der Waals surface area contributed by atoms with E-state index in [-0.39, 0.29) is 17.4 Å². The van der Waals surface area contributed by atoms with Crippen molar-refractivity contribution in [2.45, 2.75) is 52.0 Å². The summed E-state index contributed by atoms with van der Waals surface area (Å²) in [6.45, 7) is 10.2. The molecule has 0 spiro atoms. The third kappa shape index (κ3) is 3.46. The number of nitrogens with zero attached hydrogens (tertiary/aromatic N) is 1. The van der Waals surface area contributed by atoms with Crippen LogP contribution in [-0.2, 0) is 10.2 Å². The first-order valence-electron chi connectivity index (χ1n) is 7.75. The molecule has 0 radical (unpaired) electrons. The van der Waals surface area contributed by atoms with Crippen LogP contribution in [0.4, 0.5) is 0 Å². The topological polar surface area (TPSA) is 29.5 Å². The van der Waals surface area contributed by atoms with Gasteiger partial charge in [-0.15, -0.1) is 0 Å². The van der Waals surface area contributed by atoms with Gasteiger partial charge in [0.25, 0.3) is 5.91 Å². The zero-order chi connectivity index (χ0) is 15.6. The second-order valence-electron chi connectivity index (χ2n) is 7.03. The van der Waals surface area contributed by atoms with Crippen LogP contribution in [0.25, 0.3) is 0 Å². The molecule has 1 heterocycles. The van der Waals surface area contributed by atoms with Crippen molar-refractivity contribution in [2.75, 3.05) is 20.3 Å². The largest absolute Gasteiger partial charge is 0.383 e. The molecule has 1 saturated heterocycles. The number of carbonyl (C=O) groups is 1. The van der Waals surface area contributed by atoms with Crippen LogP contribution in [0.2, 0.25) is 0 Å². The number of rotatable bonds is 3. The van der Waals surface area contributed by atoms with E-state index in [2.05, 4.69) is 33.8 Å². The van der Waals surface area contributed by atoms with Gasteiger partial charge in [-0.2, -0.15) is 0 Å². The molecule has 3 nitrogen and oxygen atoms in total. The molecule has 0 N–H and O–H groups in total. The van der Waals surface area contributed by atoms with Crippen molar-refractivity contribution in [3.63, 3.8) is 0 Å². The van der Waals surface area contributed by atoms with Crippen LogP contribution in [0.5, 0.6) is 0 Å². The number of carbonyl (C=O) groups excluding carboxylic acids is 1. The molecule has 1 aromatic carbocycles. The molecule has 21 heavy (non-hydrogen) atoms. The molecule has 0 bridgehead atoms. The molecule has 0 unspecified atom stereocenters. The van der Waals surface area contributed by atoms with Crippen molar-refractivity contribution >= 4 is 5.91 Å².